The Morgan fingerprint density at radius 1 is 1.14 bits per heavy atom. The smallest absolute Gasteiger partial charge is 0.324 e. The molecule has 0 saturated carbocycles. The summed E-state index contributed by atoms with van der Waals surface area (Å²) in [5, 5.41) is 18.3. The molecule has 8 nitrogen and oxygen atoms in total. The lowest BCUT2D eigenvalue weighted by atomic mass is 10.1. The molecule has 130 valence electrons. The zero-order chi connectivity index (χ0) is 16.3. The Kier molecular flexibility index (Phi) is 6.73. The Morgan fingerprint density at radius 2 is 1.77 bits per heavy atom. The maximum Gasteiger partial charge on any atom is 0.324 e. The van der Waals surface area contributed by atoms with Gasteiger partial charge in [-0.05, 0) is 25.7 Å². The summed E-state index contributed by atoms with van der Waals surface area (Å²) >= 11 is 4.98. The largest absolute Gasteiger partial charge is 0.390 e. The van der Waals surface area contributed by atoms with Crippen molar-refractivity contribution in [1.82, 2.24) is 0 Å². The van der Waals surface area contributed by atoms with Gasteiger partial charge in [0.1, 0.15) is 18.8 Å². The summed E-state index contributed by atoms with van der Waals surface area (Å²) in [6.45, 7) is 0.0813. The van der Waals surface area contributed by atoms with Crippen LogP contribution in [0.3, 0.4) is 0 Å². The van der Waals surface area contributed by atoms with Crippen LogP contribution in [-0.2, 0) is 35.2 Å². The van der Waals surface area contributed by atoms with E-state index in [4.69, 9.17) is 35.6 Å². The molecule has 2 aliphatic heterocycles. The van der Waals surface area contributed by atoms with Crippen LogP contribution in [0, 0.1) is 0 Å². The fourth-order valence-corrected chi connectivity index (χ4v) is 4.18. The lowest BCUT2D eigenvalue weighted by Crippen LogP contribution is -2.29. The number of hydrogen-bond donors (Lipinski definition) is 3. The molecule has 0 amide bonds. The van der Waals surface area contributed by atoms with E-state index in [1.165, 1.54) is 0 Å². The number of aliphatic hydroxyl groups excluding tert-OH is 1. The van der Waals surface area contributed by atoms with Gasteiger partial charge in [0.15, 0.2) is 0 Å². The van der Waals surface area contributed by atoms with Gasteiger partial charge >= 0.3 is 6.72 Å². The van der Waals surface area contributed by atoms with Gasteiger partial charge in [-0.3, -0.25) is 5.26 Å². The van der Waals surface area contributed by atoms with Crippen LogP contribution in [0.1, 0.15) is 26.7 Å². The second-order valence-electron chi connectivity index (χ2n) is 5.71. The van der Waals surface area contributed by atoms with Crippen molar-refractivity contribution in [2.75, 3.05) is 13.2 Å². The average molecular weight is 358 g/mol. The van der Waals surface area contributed by atoms with Crippen LogP contribution in [0.15, 0.2) is 0 Å². The van der Waals surface area contributed by atoms with E-state index in [0.717, 1.165) is 0 Å². The van der Waals surface area contributed by atoms with Crippen LogP contribution in [0.4, 0.5) is 0 Å². The Hall–Kier alpha value is 0.330. The topological polar surface area (TPSA) is 107 Å². The predicted molar refractivity (Wildman–Crippen MR) is 79.8 cm³/mol. The molecule has 0 spiro atoms. The van der Waals surface area contributed by atoms with Crippen LogP contribution in [0.5, 0.6) is 0 Å². The molecule has 0 aromatic rings. The average Bonchev–Trinajstić information content (AvgIpc) is 2.90. The lowest BCUT2D eigenvalue weighted by molar-refractivity contribution is -0.262. The van der Waals surface area contributed by atoms with Gasteiger partial charge in [0.05, 0.1) is 31.0 Å². The van der Waals surface area contributed by atoms with Gasteiger partial charge in [0.2, 0.25) is 0 Å². The molecule has 2 rings (SSSR count). The Balaban J connectivity index is 1.83. The molecule has 2 aliphatic rings. The van der Waals surface area contributed by atoms with Gasteiger partial charge in [-0.2, -0.15) is 0 Å². The summed E-state index contributed by atoms with van der Waals surface area (Å²) in [6.07, 6.45) is -1.34. The quantitative estimate of drug-likeness (QED) is 0.346. The van der Waals surface area contributed by atoms with Gasteiger partial charge in [-0.25, -0.2) is 4.89 Å². The van der Waals surface area contributed by atoms with Crippen molar-refractivity contribution in [3.63, 3.8) is 0 Å². The maximum atomic E-state index is 10.1. The number of hydrogen-bond acceptors (Lipinski definition) is 8. The van der Waals surface area contributed by atoms with Crippen molar-refractivity contribution in [2.24, 2.45) is 0 Å². The van der Waals surface area contributed by atoms with Gasteiger partial charge in [-0.1, -0.05) is 0 Å². The molecular formula is C12H23O8PS. The molecule has 0 radical (unpaired) electrons. The van der Waals surface area contributed by atoms with Crippen LogP contribution >= 0.6 is 6.72 Å². The van der Waals surface area contributed by atoms with Gasteiger partial charge in [0.25, 0.3) is 0 Å². The third-order valence-corrected chi connectivity index (χ3v) is 5.29. The molecular weight excluding hydrogens is 335 g/mol. The van der Waals surface area contributed by atoms with E-state index in [1.807, 2.05) is 13.8 Å². The minimum absolute atomic E-state index is 0.0381. The van der Waals surface area contributed by atoms with E-state index in [2.05, 4.69) is 4.89 Å². The molecule has 2 saturated heterocycles. The standard InChI is InChI=1S/C12H23O8PS/c1-7-3-9(13)11(18-7)6-17-21(15,22)20-10-4-8(2)19-12(10)5-16-14/h7-14H,3-6H2,1-2H3,(H,15,22)/t7-,8-,9+,10+,11+,12+,21?/m0/s1. The second-order valence-corrected chi connectivity index (χ2v) is 8.50. The highest BCUT2D eigenvalue weighted by atomic mass is 32.5. The first kappa shape index (κ1) is 18.7. The molecule has 0 bridgehead atoms. The van der Waals surface area contributed by atoms with E-state index in [0.29, 0.717) is 12.8 Å². The van der Waals surface area contributed by atoms with Crippen LogP contribution < -0.4 is 0 Å². The van der Waals surface area contributed by atoms with Gasteiger partial charge < -0.3 is 28.5 Å². The molecule has 0 aliphatic carbocycles. The van der Waals surface area contributed by atoms with Crippen molar-refractivity contribution < 1.29 is 38.7 Å². The molecule has 0 aromatic heterocycles. The van der Waals surface area contributed by atoms with E-state index < -0.39 is 31.1 Å². The summed E-state index contributed by atoms with van der Waals surface area (Å²) in [4.78, 5) is 14.2. The highest BCUT2D eigenvalue weighted by Crippen LogP contribution is 2.48. The second kappa shape index (κ2) is 7.94. The first-order valence-corrected chi connectivity index (χ1v) is 9.81. The Bertz CT molecular complexity index is 411. The molecule has 2 heterocycles. The van der Waals surface area contributed by atoms with E-state index >= 15 is 0 Å². The molecule has 2 fully saturated rings. The zero-order valence-corrected chi connectivity index (χ0v) is 14.2. The SMILES string of the molecule is C[C@H]1C[C@@H](O)[C@@H](COP(O)(=S)O[C@@H]2C[C@H](C)O[C@@H]2COO)O1. The Morgan fingerprint density at radius 3 is 2.36 bits per heavy atom. The summed E-state index contributed by atoms with van der Waals surface area (Å²) in [7, 11) is 0. The molecule has 7 atom stereocenters. The first-order chi connectivity index (χ1) is 10.3. The molecule has 1 unspecified atom stereocenters. The Labute approximate surface area is 134 Å². The third-order valence-electron chi connectivity index (χ3n) is 3.71. The van der Waals surface area contributed by atoms with E-state index in [9.17, 15) is 10.00 Å². The van der Waals surface area contributed by atoms with Gasteiger partial charge in [-0.15, -0.1) is 0 Å². The lowest BCUT2D eigenvalue weighted by Gasteiger charge is -2.24. The van der Waals surface area contributed by atoms with Crippen molar-refractivity contribution in [3.8, 4) is 0 Å². The van der Waals surface area contributed by atoms with E-state index in [1.54, 1.807) is 0 Å². The molecule has 22 heavy (non-hydrogen) atoms. The van der Waals surface area contributed by atoms with Crippen molar-refractivity contribution in [2.45, 2.75) is 63.3 Å². The fraction of sp³-hybridized carbons (Fsp3) is 1.00. The number of aliphatic hydroxyl groups is 1. The summed E-state index contributed by atoms with van der Waals surface area (Å²) in [6, 6.07) is 0. The zero-order valence-electron chi connectivity index (χ0n) is 12.5. The minimum atomic E-state index is -3.50. The maximum absolute atomic E-state index is 10.1. The van der Waals surface area contributed by atoms with Crippen LogP contribution in [0.2, 0.25) is 0 Å². The number of rotatable bonds is 7. The third kappa shape index (κ3) is 5.17. The first-order valence-electron chi connectivity index (χ1n) is 7.22. The van der Waals surface area contributed by atoms with Crippen molar-refractivity contribution in [3.05, 3.63) is 0 Å². The molecule has 0 aromatic carbocycles. The fourth-order valence-electron chi connectivity index (χ4n) is 2.71. The normalized spacial score (nSPS) is 41.7. The molecule has 10 heteroatoms. The van der Waals surface area contributed by atoms with Gasteiger partial charge in [0, 0.05) is 12.8 Å². The highest BCUT2D eigenvalue weighted by Gasteiger charge is 2.39. The summed E-state index contributed by atoms with van der Waals surface area (Å²) in [5.74, 6) is 0. The van der Waals surface area contributed by atoms with Crippen LogP contribution in [-0.4, -0.2) is 65.1 Å². The summed E-state index contributed by atoms with van der Waals surface area (Å²) in [5.41, 5.74) is 0. The molecule has 3 N–H and O–H groups in total. The van der Waals surface area contributed by atoms with Crippen LogP contribution in [0.25, 0.3) is 0 Å². The monoisotopic (exact) mass is 358 g/mol. The highest BCUT2D eigenvalue weighted by molar-refractivity contribution is 8.07. The van der Waals surface area contributed by atoms with Crippen molar-refractivity contribution >= 4 is 18.5 Å². The minimum Gasteiger partial charge on any atom is -0.390 e. The van der Waals surface area contributed by atoms with E-state index in [-0.39, 0.29) is 25.4 Å². The number of ether oxygens (including phenoxy) is 2. The van der Waals surface area contributed by atoms with Crippen molar-refractivity contribution in [1.29, 1.82) is 0 Å². The predicted octanol–water partition coefficient (Wildman–Crippen LogP) is 0.810. The summed E-state index contributed by atoms with van der Waals surface area (Å²) < 4.78 is 21.7.